The lowest BCUT2D eigenvalue weighted by molar-refractivity contribution is 0.103. The Morgan fingerprint density at radius 3 is 2.87 bits per heavy atom. The number of aliphatic hydroxyl groups is 1. The zero-order valence-corrected chi connectivity index (χ0v) is 11.7. The van der Waals surface area contributed by atoms with Crippen molar-refractivity contribution < 1.29 is 18.7 Å². The number of allylic oxidation sites excluding steroid dienone is 1. The summed E-state index contributed by atoms with van der Waals surface area (Å²) < 4.78 is 19.1. The molecule has 0 fully saturated rings. The number of carbonyl (C=O) groups is 1. The van der Waals surface area contributed by atoms with Crippen LogP contribution < -0.4 is 0 Å². The van der Waals surface area contributed by atoms with Crippen LogP contribution in [0.1, 0.15) is 27.5 Å². The summed E-state index contributed by atoms with van der Waals surface area (Å²) in [7, 11) is 0. The number of nitrogens with one attached hydrogen (secondary N) is 1. The second-order valence-corrected chi connectivity index (χ2v) is 4.64. The molecule has 3 aromatic heterocycles. The fraction of sp³-hybridized carbons (Fsp3) is 0.0667. The number of furan rings is 1. The van der Waals surface area contributed by atoms with E-state index in [1.54, 1.807) is 24.5 Å². The molecule has 0 spiro atoms. The Balaban J connectivity index is 1.90. The maximum atomic E-state index is 13.9. The predicted molar refractivity (Wildman–Crippen MR) is 77.0 cm³/mol. The van der Waals surface area contributed by atoms with Crippen molar-refractivity contribution in [2.45, 2.75) is 6.42 Å². The molecule has 0 saturated heterocycles. The van der Waals surface area contributed by atoms with Gasteiger partial charge in [-0.25, -0.2) is 9.37 Å². The Labute approximate surface area is 129 Å². The van der Waals surface area contributed by atoms with Gasteiger partial charge in [-0.05, 0) is 17.7 Å². The molecule has 7 nitrogen and oxygen atoms in total. The molecule has 0 aliphatic carbocycles. The van der Waals surface area contributed by atoms with Crippen LogP contribution >= 0.6 is 0 Å². The molecule has 2 N–H and O–H groups in total. The van der Waals surface area contributed by atoms with E-state index < -0.39 is 17.4 Å². The molecule has 0 saturated carbocycles. The van der Waals surface area contributed by atoms with Gasteiger partial charge in [-0.1, -0.05) is 0 Å². The van der Waals surface area contributed by atoms with E-state index in [-0.39, 0.29) is 23.6 Å². The van der Waals surface area contributed by atoms with E-state index in [9.17, 15) is 14.3 Å². The lowest BCUT2D eigenvalue weighted by Crippen LogP contribution is -2.01. The number of rotatable bonds is 5. The zero-order valence-electron chi connectivity index (χ0n) is 11.7. The molecule has 0 aliphatic heterocycles. The number of halogens is 1. The summed E-state index contributed by atoms with van der Waals surface area (Å²) in [6.07, 6.45) is 6.34. The molecular formula is C15H11FN4O3. The van der Waals surface area contributed by atoms with Gasteiger partial charge in [0.25, 0.3) is 0 Å². The maximum absolute atomic E-state index is 13.9. The molecule has 0 radical (unpaired) electrons. The highest BCUT2D eigenvalue weighted by molar-refractivity contribution is 6.05. The van der Waals surface area contributed by atoms with Crippen molar-refractivity contribution in [1.29, 1.82) is 0 Å². The molecule has 0 atom stereocenters. The van der Waals surface area contributed by atoms with Crippen LogP contribution in [0.25, 0.3) is 5.76 Å². The van der Waals surface area contributed by atoms with Crippen LogP contribution in [0.4, 0.5) is 4.39 Å². The van der Waals surface area contributed by atoms with Crippen LogP contribution in [0.3, 0.4) is 0 Å². The number of aromatic amines is 1. The number of pyridine rings is 1. The van der Waals surface area contributed by atoms with Gasteiger partial charge in [-0.3, -0.25) is 14.9 Å². The van der Waals surface area contributed by atoms with E-state index in [1.807, 2.05) is 0 Å². The third kappa shape index (κ3) is 3.15. The van der Waals surface area contributed by atoms with Gasteiger partial charge < -0.3 is 9.52 Å². The van der Waals surface area contributed by atoms with Crippen molar-refractivity contribution in [3.8, 4) is 0 Å². The number of nitrogens with zero attached hydrogens (tertiary/aromatic N) is 3. The normalized spacial score (nSPS) is 11.6. The molecule has 3 rings (SSSR count). The quantitative estimate of drug-likeness (QED) is 0.425. The summed E-state index contributed by atoms with van der Waals surface area (Å²) in [4.78, 5) is 19.4. The van der Waals surface area contributed by atoms with Crippen LogP contribution in [0.15, 0.2) is 47.6 Å². The minimum Gasteiger partial charge on any atom is -0.507 e. The first kappa shape index (κ1) is 14.6. The van der Waals surface area contributed by atoms with E-state index in [1.165, 1.54) is 0 Å². The number of aromatic nitrogens is 4. The van der Waals surface area contributed by atoms with Gasteiger partial charge in [-0.2, -0.15) is 5.10 Å². The molecule has 3 heterocycles. The summed E-state index contributed by atoms with van der Waals surface area (Å²) in [6.45, 7) is 0. The number of ketones is 1. The first-order chi connectivity index (χ1) is 11.1. The molecule has 8 heteroatoms. The molecule has 0 aromatic carbocycles. The van der Waals surface area contributed by atoms with Crippen LogP contribution in [0, 0.1) is 5.82 Å². The van der Waals surface area contributed by atoms with Gasteiger partial charge in [0.15, 0.2) is 11.6 Å². The lowest BCUT2D eigenvalue weighted by Gasteiger charge is -2.02. The van der Waals surface area contributed by atoms with E-state index >= 15 is 0 Å². The van der Waals surface area contributed by atoms with Crippen LogP contribution in [0.5, 0.6) is 0 Å². The van der Waals surface area contributed by atoms with Crippen molar-refractivity contribution in [1.82, 2.24) is 20.2 Å². The van der Waals surface area contributed by atoms with Gasteiger partial charge in [0, 0.05) is 24.9 Å². The third-order valence-corrected chi connectivity index (χ3v) is 3.11. The van der Waals surface area contributed by atoms with Gasteiger partial charge >= 0.3 is 0 Å². The standard InChI is InChI=1S/C15H11FN4O3/c16-10-7-23-13(5-9-1-3-17-4-2-9)14(10)11(21)6-12(22)15-18-8-19-20-15/h1-4,6-8,21H,5H2,(H,18,19,20). The van der Waals surface area contributed by atoms with E-state index in [2.05, 4.69) is 20.2 Å². The molecule has 0 unspecified atom stereocenters. The number of hydrogen-bond acceptors (Lipinski definition) is 6. The largest absolute Gasteiger partial charge is 0.507 e. The van der Waals surface area contributed by atoms with Crippen molar-refractivity contribution in [3.05, 3.63) is 71.7 Å². The number of carbonyl (C=O) groups excluding carboxylic acids is 1. The van der Waals surface area contributed by atoms with Crippen LogP contribution in [-0.2, 0) is 6.42 Å². The summed E-state index contributed by atoms with van der Waals surface area (Å²) in [6, 6.07) is 3.48. The monoisotopic (exact) mass is 314 g/mol. The molecule has 0 bridgehead atoms. The second-order valence-electron chi connectivity index (χ2n) is 4.64. The first-order valence-electron chi connectivity index (χ1n) is 6.60. The minimum absolute atomic E-state index is 0.0591. The zero-order chi connectivity index (χ0) is 16.2. The van der Waals surface area contributed by atoms with Crippen LogP contribution in [0.2, 0.25) is 0 Å². The van der Waals surface area contributed by atoms with Gasteiger partial charge in [0.1, 0.15) is 24.1 Å². The van der Waals surface area contributed by atoms with Crippen molar-refractivity contribution in [2.24, 2.45) is 0 Å². The summed E-state index contributed by atoms with van der Waals surface area (Å²) in [5.74, 6) is -1.78. The Hall–Kier alpha value is -3.29. The highest BCUT2D eigenvalue weighted by Crippen LogP contribution is 2.25. The number of hydrogen-bond donors (Lipinski definition) is 2. The second kappa shape index (κ2) is 6.22. The van der Waals surface area contributed by atoms with Crippen molar-refractivity contribution in [3.63, 3.8) is 0 Å². The topological polar surface area (TPSA) is 105 Å². The average molecular weight is 314 g/mol. The Morgan fingerprint density at radius 1 is 1.39 bits per heavy atom. The Kier molecular flexibility index (Phi) is 3.96. The summed E-state index contributed by atoms with van der Waals surface area (Å²) >= 11 is 0. The lowest BCUT2D eigenvalue weighted by atomic mass is 10.1. The van der Waals surface area contributed by atoms with E-state index in [0.717, 1.165) is 24.2 Å². The molecule has 0 aliphatic rings. The van der Waals surface area contributed by atoms with E-state index in [4.69, 9.17) is 4.42 Å². The maximum Gasteiger partial charge on any atom is 0.226 e. The van der Waals surface area contributed by atoms with Gasteiger partial charge in [-0.15, -0.1) is 0 Å². The summed E-state index contributed by atoms with van der Waals surface area (Å²) in [5.41, 5.74) is 0.666. The fourth-order valence-electron chi connectivity index (χ4n) is 2.04. The highest BCUT2D eigenvalue weighted by atomic mass is 19.1. The molecule has 23 heavy (non-hydrogen) atoms. The number of H-pyrrole nitrogens is 1. The van der Waals surface area contributed by atoms with Crippen LogP contribution in [-0.4, -0.2) is 31.1 Å². The van der Waals surface area contributed by atoms with Gasteiger partial charge in [0.2, 0.25) is 5.78 Å². The molecule has 3 aromatic rings. The molecule has 0 amide bonds. The molecule has 116 valence electrons. The smallest absolute Gasteiger partial charge is 0.226 e. The first-order valence-corrected chi connectivity index (χ1v) is 6.60. The SMILES string of the molecule is O=C(C=C(O)c1c(F)coc1Cc1ccncc1)c1ncn[nH]1. The highest BCUT2D eigenvalue weighted by Gasteiger charge is 2.19. The molecular weight excluding hydrogens is 303 g/mol. The Morgan fingerprint density at radius 2 is 2.17 bits per heavy atom. The van der Waals surface area contributed by atoms with Gasteiger partial charge in [0.05, 0.1) is 5.56 Å². The van der Waals surface area contributed by atoms with Crippen molar-refractivity contribution in [2.75, 3.05) is 0 Å². The third-order valence-electron chi connectivity index (χ3n) is 3.11. The van der Waals surface area contributed by atoms with E-state index in [0.29, 0.717) is 0 Å². The average Bonchev–Trinajstić information content (AvgIpc) is 3.18. The van der Waals surface area contributed by atoms with Crippen molar-refractivity contribution >= 4 is 11.5 Å². The number of aliphatic hydroxyl groups excluding tert-OH is 1. The predicted octanol–water partition coefficient (Wildman–Crippen LogP) is 2.30. The Bertz CT molecular complexity index is 841. The summed E-state index contributed by atoms with van der Waals surface area (Å²) in [5, 5.41) is 16.0. The minimum atomic E-state index is -0.756. The fourth-order valence-corrected chi connectivity index (χ4v) is 2.04.